The van der Waals surface area contributed by atoms with Crippen LogP contribution in [0.25, 0.3) is 33.4 Å². The van der Waals surface area contributed by atoms with Crippen molar-refractivity contribution in [2.45, 2.75) is 44.1 Å². The average Bonchev–Trinajstić information content (AvgIpc) is 3.19. The number of nitrogens with one attached hydrogen (secondary N) is 1. The first kappa shape index (κ1) is 39.9. The van der Waals surface area contributed by atoms with Crippen molar-refractivity contribution in [1.82, 2.24) is 10.1 Å². The number of nitrogens with zero attached hydrogens (tertiary/aromatic N) is 1. The van der Waals surface area contributed by atoms with Crippen LogP contribution in [0.1, 0.15) is 33.6 Å². The standard InChI is InChI=1S/C46H44ClN2O6PS/c1-46(2,3)55-45(50)48-49(29-15-16-30-56(35-17-7-4-8-18-35,36-19-9-5-10-20-36)37-21-11-6-12-22-37)34-26-28-39-42(32-34)54-41-31-33(47)25-27-38(41)44(39)40-23-13-14-24-43(40)57(51,52)53/h4-14,17-28,31-32,56H,15-16,29-30H2,1-3H3,(H-,48,50,51,52,53)/p+1/b49-34+. The Bertz CT molecular complexity index is 2590. The van der Waals surface area contributed by atoms with Gasteiger partial charge < -0.3 is 0 Å². The minimum atomic E-state index is -4.58. The van der Waals surface area contributed by atoms with E-state index >= 15 is 0 Å². The number of rotatable bonds is 11. The van der Waals surface area contributed by atoms with Crippen LogP contribution in [0.4, 0.5) is 4.79 Å². The van der Waals surface area contributed by atoms with E-state index in [1.165, 1.54) is 22.0 Å². The number of halogens is 1. The SMILES string of the molecule is CC(C)(C)OC(=O)N/[N+](CCCC[PH](c1ccccc1)(c1ccccc1)c1ccccc1)=c1\ccc2c(-c3ccccc3S(=O)(=O)O)c3ccc(Cl)cc3oc-2c1. The van der Waals surface area contributed by atoms with Crippen molar-refractivity contribution >= 4 is 62.0 Å². The summed E-state index contributed by atoms with van der Waals surface area (Å²) < 4.78 is 49.3. The molecule has 0 unspecified atom stereocenters. The Morgan fingerprint density at radius 1 is 0.754 bits per heavy atom. The van der Waals surface area contributed by atoms with Crippen molar-refractivity contribution in [1.29, 1.82) is 0 Å². The van der Waals surface area contributed by atoms with Gasteiger partial charge in [-0.15, -0.1) is 0 Å². The van der Waals surface area contributed by atoms with Crippen molar-refractivity contribution in [3.63, 3.8) is 0 Å². The number of fused-ring (bicyclic) bond motifs is 2. The van der Waals surface area contributed by atoms with Crippen LogP contribution in [0.3, 0.4) is 0 Å². The van der Waals surface area contributed by atoms with Crippen LogP contribution < -0.4 is 31.4 Å². The second kappa shape index (κ2) is 16.7. The monoisotopic (exact) mass is 819 g/mol. The molecule has 8 nitrogen and oxygen atoms in total. The summed E-state index contributed by atoms with van der Waals surface area (Å²) in [4.78, 5) is 13.1. The number of hydrogen-bond acceptors (Lipinski definition) is 5. The third-order valence-electron chi connectivity index (χ3n) is 10.0. The van der Waals surface area contributed by atoms with E-state index in [1.807, 2.05) is 39.0 Å². The van der Waals surface area contributed by atoms with Gasteiger partial charge in [0, 0.05) is 0 Å². The van der Waals surface area contributed by atoms with Gasteiger partial charge >= 0.3 is 281 Å². The molecule has 7 rings (SSSR count). The molecule has 0 saturated carbocycles. The van der Waals surface area contributed by atoms with Crippen LogP contribution >= 0.6 is 18.9 Å². The molecule has 0 fully saturated rings. The molecular weight excluding hydrogens is 775 g/mol. The summed E-state index contributed by atoms with van der Waals surface area (Å²) in [5.74, 6) is 0.419. The van der Waals surface area contributed by atoms with Gasteiger partial charge in [0.2, 0.25) is 0 Å². The fraction of sp³-hybridized carbons (Fsp3) is 0.174. The molecule has 2 N–H and O–H groups in total. The minimum absolute atomic E-state index is 0.229. The average molecular weight is 820 g/mol. The van der Waals surface area contributed by atoms with Crippen molar-refractivity contribution in [3.8, 4) is 22.5 Å². The molecule has 0 atom stereocenters. The number of hydrazine groups is 1. The Balaban J connectivity index is 1.33. The topological polar surface area (TPSA) is 109 Å². The summed E-state index contributed by atoms with van der Waals surface area (Å²) in [5.41, 5.74) is 4.14. The van der Waals surface area contributed by atoms with Crippen molar-refractivity contribution in [2.24, 2.45) is 0 Å². The van der Waals surface area contributed by atoms with Crippen LogP contribution in [-0.4, -0.2) is 37.4 Å². The van der Waals surface area contributed by atoms with E-state index in [1.54, 1.807) is 41.1 Å². The Hall–Kier alpha value is -5.31. The van der Waals surface area contributed by atoms with Gasteiger partial charge in [0.05, 0.1) is 0 Å². The predicted molar refractivity (Wildman–Crippen MR) is 233 cm³/mol. The number of unbranched alkanes of at least 4 members (excludes halogenated alkanes) is 1. The molecule has 292 valence electrons. The molecule has 1 heterocycles. The first-order valence-corrected chi connectivity index (χ1v) is 22.9. The molecule has 0 saturated heterocycles. The van der Waals surface area contributed by atoms with Crippen LogP contribution in [0, 0.1) is 0 Å². The molecular formula is C46H45ClN2O6PS+. The second-order valence-corrected chi connectivity index (χ2v) is 20.9. The zero-order valence-corrected chi connectivity index (χ0v) is 34.6. The van der Waals surface area contributed by atoms with E-state index < -0.39 is 29.1 Å². The number of benzene rings is 6. The number of carbonyl (C=O) groups is 1. The number of carbonyl (C=O) groups excluding carboxylic acids is 1. The molecule has 5 aromatic carbocycles. The second-order valence-electron chi connectivity index (χ2n) is 15.0. The van der Waals surface area contributed by atoms with Crippen LogP contribution in [0.2, 0.25) is 5.02 Å². The van der Waals surface area contributed by atoms with Crippen LogP contribution in [-0.2, 0) is 14.9 Å². The van der Waals surface area contributed by atoms with Crippen LogP contribution in [0.5, 0.6) is 0 Å². The normalized spacial score (nSPS) is 13.0. The Morgan fingerprint density at radius 2 is 1.33 bits per heavy atom. The molecule has 0 spiro atoms. The van der Waals surface area contributed by atoms with Gasteiger partial charge in [-0.3, -0.25) is 4.55 Å². The summed E-state index contributed by atoms with van der Waals surface area (Å²) in [5, 5.41) is 5.68. The Kier molecular flexibility index (Phi) is 11.7. The zero-order chi connectivity index (χ0) is 40.2. The summed E-state index contributed by atoms with van der Waals surface area (Å²) in [6, 6.07) is 49.3. The van der Waals surface area contributed by atoms with E-state index in [9.17, 15) is 17.8 Å². The van der Waals surface area contributed by atoms with Crippen molar-refractivity contribution < 1.29 is 26.9 Å². The summed E-state index contributed by atoms with van der Waals surface area (Å²) in [6.45, 7) is 5.89. The molecule has 1 amide bonds. The summed E-state index contributed by atoms with van der Waals surface area (Å²) in [7, 11) is -7.06. The van der Waals surface area contributed by atoms with Gasteiger partial charge in [-0.05, 0) is 12.1 Å². The van der Waals surface area contributed by atoms with Gasteiger partial charge in [0.1, 0.15) is 0 Å². The van der Waals surface area contributed by atoms with Gasteiger partial charge in [-0.25, -0.2) is 0 Å². The van der Waals surface area contributed by atoms with E-state index in [2.05, 4.69) is 96.4 Å². The molecule has 57 heavy (non-hydrogen) atoms. The van der Waals surface area contributed by atoms with Gasteiger partial charge in [0.15, 0.2) is 0 Å². The van der Waals surface area contributed by atoms with E-state index in [4.69, 9.17) is 20.8 Å². The van der Waals surface area contributed by atoms with Gasteiger partial charge in [0.25, 0.3) is 10.1 Å². The Morgan fingerprint density at radius 3 is 1.91 bits per heavy atom. The predicted octanol–water partition coefficient (Wildman–Crippen LogP) is 8.82. The van der Waals surface area contributed by atoms with Crippen molar-refractivity contribution in [3.05, 3.63) is 162 Å². The number of hydrogen-bond donors (Lipinski definition) is 2. The molecule has 0 aromatic heterocycles. The van der Waals surface area contributed by atoms with Crippen molar-refractivity contribution in [2.75, 3.05) is 12.7 Å². The maximum absolute atomic E-state index is 13.3. The zero-order valence-electron chi connectivity index (χ0n) is 32.0. The third kappa shape index (κ3) is 8.83. The number of amides is 1. The first-order chi connectivity index (χ1) is 27.3. The van der Waals surface area contributed by atoms with E-state index in [0.717, 1.165) is 19.0 Å². The molecule has 1 aliphatic heterocycles. The molecule has 0 radical (unpaired) electrons. The molecule has 2 aliphatic rings. The molecule has 5 aromatic rings. The maximum atomic E-state index is 13.3. The fourth-order valence-electron chi connectivity index (χ4n) is 7.63. The van der Waals surface area contributed by atoms with E-state index in [-0.39, 0.29) is 4.90 Å². The first-order valence-electron chi connectivity index (χ1n) is 18.8. The molecule has 11 heteroatoms. The molecule has 1 aliphatic carbocycles. The quantitative estimate of drug-likeness (QED) is 0.0338. The third-order valence-corrected chi connectivity index (χ3v) is 16.2. The van der Waals surface area contributed by atoms with Crippen LogP contribution in [0.15, 0.2) is 161 Å². The summed E-state index contributed by atoms with van der Waals surface area (Å²) in [6.07, 6.45) is 1.91. The Labute approximate surface area is 338 Å². The van der Waals surface area contributed by atoms with E-state index in [0.29, 0.717) is 50.3 Å². The van der Waals surface area contributed by atoms with Gasteiger partial charge in [-0.2, -0.15) is 8.42 Å². The summed E-state index contributed by atoms with van der Waals surface area (Å²) >= 11 is 6.42. The number of ether oxygens (including phenoxy) is 1. The van der Waals surface area contributed by atoms with Gasteiger partial charge in [-0.1, -0.05) is 23.7 Å². The fourth-order valence-corrected chi connectivity index (χ4v) is 13.4. The molecule has 0 bridgehead atoms.